The van der Waals surface area contributed by atoms with Crippen molar-refractivity contribution in [3.05, 3.63) is 101 Å². The van der Waals surface area contributed by atoms with E-state index in [1.807, 2.05) is 18.2 Å². The van der Waals surface area contributed by atoms with Crippen molar-refractivity contribution in [2.45, 2.75) is 55.9 Å². The van der Waals surface area contributed by atoms with Gasteiger partial charge in [-0.2, -0.15) is 5.26 Å². The summed E-state index contributed by atoms with van der Waals surface area (Å²) >= 11 is 1.74. The van der Waals surface area contributed by atoms with Crippen LogP contribution in [-0.2, 0) is 4.79 Å². The number of nitrogens with zero attached hydrogens (tertiary/aromatic N) is 3. The molecule has 0 saturated carbocycles. The van der Waals surface area contributed by atoms with Crippen LogP contribution in [0.25, 0.3) is 0 Å². The van der Waals surface area contributed by atoms with Gasteiger partial charge < -0.3 is 9.80 Å². The van der Waals surface area contributed by atoms with Crippen LogP contribution in [0.15, 0.2) is 78.9 Å². The Hall–Kier alpha value is -3.23. The molecule has 5 heteroatoms. The first-order chi connectivity index (χ1) is 16.3. The van der Waals surface area contributed by atoms with Crippen molar-refractivity contribution in [2.24, 2.45) is 0 Å². The van der Waals surface area contributed by atoms with Gasteiger partial charge in [0, 0.05) is 10.4 Å². The molecule has 2 fully saturated rings. The van der Waals surface area contributed by atoms with Gasteiger partial charge in [0.25, 0.3) is 0 Å². The number of amides is 1. The number of rotatable bonds is 5. The standard InChI is InChI=1S/C29H29N3OS/c1-19-12-8-10-16-22(19)25(21-14-6-5-7-15-21)31(23-17-11-9-13-20(23)2)26-27(33)32-24(18-30)29(3,4)34-28(26)32/h5-17,24-26,28H,1-4H3/t24?,25?,26?,28-/m1/s1. The van der Waals surface area contributed by atoms with E-state index in [0.29, 0.717) is 0 Å². The average Bonchev–Trinajstić information content (AvgIpc) is 3.07. The fourth-order valence-corrected chi connectivity index (χ4v) is 7.00. The number of carbonyl (C=O) groups excluding carboxylic acids is 1. The van der Waals surface area contributed by atoms with E-state index in [0.717, 1.165) is 16.8 Å². The van der Waals surface area contributed by atoms with Crippen LogP contribution in [-0.4, -0.2) is 33.0 Å². The van der Waals surface area contributed by atoms with Crippen molar-refractivity contribution in [1.82, 2.24) is 4.90 Å². The second kappa shape index (κ2) is 8.52. The van der Waals surface area contributed by atoms with Gasteiger partial charge in [0.1, 0.15) is 17.5 Å². The Bertz CT molecular complexity index is 1270. The second-order valence-electron chi connectivity index (χ2n) is 9.70. The highest BCUT2D eigenvalue weighted by atomic mass is 32.2. The Morgan fingerprint density at radius 3 is 2.21 bits per heavy atom. The number of fused-ring (bicyclic) bond motifs is 1. The molecule has 4 nitrogen and oxygen atoms in total. The first kappa shape index (κ1) is 22.6. The first-order valence-corrected chi connectivity index (χ1v) is 12.6. The molecule has 0 spiro atoms. The predicted molar refractivity (Wildman–Crippen MR) is 139 cm³/mol. The van der Waals surface area contributed by atoms with Crippen molar-refractivity contribution in [1.29, 1.82) is 5.26 Å². The van der Waals surface area contributed by atoms with E-state index in [9.17, 15) is 10.1 Å². The molecular formula is C29H29N3OS. The van der Waals surface area contributed by atoms with Crippen LogP contribution in [0.2, 0.25) is 0 Å². The second-order valence-corrected chi connectivity index (χ2v) is 11.5. The van der Waals surface area contributed by atoms with Crippen LogP contribution < -0.4 is 4.90 Å². The highest BCUT2D eigenvalue weighted by Crippen LogP contribution is 2.54. The number of β-lactam (4-membered cyclic amide) rings is 1. The van der Waals surface area contributed by atoms with Crippen LogP contribution in [0.1, 0.15) is 42.1 Å². The zero-order valence-electron chi connectivity index (χ0n) is 20.0. The fourth-order valence-electron chi connectivity index (χ4n) is 5.37. The normalized spacial score (nSPS) is 23.6. The van der Waals surface area contributed by atoms with E-state index >= 15 is 0 Å². The Morgan fingerprint density at radius 2 is 1.56 bits per heavy atom. The summed E-state index contributed by atoms with van der Waals surface area (Å²) in [7, 11) is 0. The number of nitriles is 1. The van der Waals surface area contributed by atoms with Crippen molar-refractivity contribution >= 4 is 23.4 Å². The molecule has 2 saturated heterocycles. The lowest BCUT2D eigenvalue weighted by Crippen LogP contribution is -2.70. The Labute approximate surface area is 206 Å². The average molecular weight is 468 g/mol. The molecule has 0 bridgehead atoms. The predicted octanol–water partition coefficient (Wildman–Crippen LogP) is 5.85. The van der Waals surface area contributed by atoms with Gasteiger partial charge in [0.15, 0.2) is 0 Å². The zero-order chi connectivity index (χ0) is 24.0. The Balaban J connectivity index is 1.71. The lowest BCUT2D eigenvalue weighted by Gasteiger charge is -2.52. The summed E-state index contributed by atoms with van der Waals surface area (Å²) in [5.41, 5.74) is 5.69. The summed E-state index contributed by atoms with van der Waals surface area (Å²) < 4.78 is -0.313. The molecule has 3 unspecified atom stereocenters. The summed E-state index contributed by atoms with van der Waals surface area (Å²) in [5, 5.41) is 9.79. The van der Waals surface area contributed by atoms with E-state index in [2.05, 4.69) is 99.3 Å². The van der Waals surface area contributed by atoms with Crippen molar-refractivity contribution in [3.63, 3.8) is 0 Å². The number of hydrogen-bond acceptors (Lipinski definition) is 4. The number of carbonyl (C=O) groups is 1. The highest BCUT2D eigenvalue weighted by Gasteiger charge is 2.64. The van der Waals surface area contributed by atoms with Crippen LogP contribution in [0.4, 0.5) is 5.69 Å². The number of benzene rings is 3. The van der Waals surface area contributed by atoms with Crippen LogP contribution in [0, 0.1) is 25.2 Å². The van der Waals surface area contributed by atoms with E-state index in [1.165, 1.54) is 11.1 Å². The van der Waals surface area contributed by atoms with Gasteiger partial charge in [-0.05, 0) is 56.0 Å². The SMILES string of the molecule is Cc1ccccc1C(c1ccccc1)N(c1ccccc1C)C1C(=O)N2C(C#N)C(C)(C)S[C@H]12. The van der Waals surface area contributed by atoms with Crippen LogP contribution >= 0.6 is 11.8 Å². The summed E-state index contributed by atoms with van der Waals surface area (Å²) in [4.78, 5) is 17.9. The van der Waals surface area contributed by atoms with Crippen molar-refractivity contribution in [2.75, 3.05) is 4.90 Å². The summed E-state index contributed by atoms with van der Waals surface area (Å²) in [6.45, 7) is 8.38. The third kappa shape index (κ3) is 3.49. The molecule has 4 atom stereocenters. The van der Waals surface area contributed by atoms with Gasteiger partial charge in [-0.3, -0.25) is 4.79 Å². The molecule has 3 aromatic rings. The molecule has 5 rings (SSSR count). The maximum atomic E-state index is 13.8. The molecule has 1 amide bonds. The van der Waals surface area contributed by atoms with Crippen LogP contribution in [0.5, 0.6) is 0 Å². The van der Waals surface area contributed by atoms with Gasteiger partial charge in [0.05, 0.1) is 12.1 Å². The van der Waals surface area contributed by atoms with Crippen molar-refractivity contribution < 1.29 is 4.79 Å². The van der Waals surface area contributed by atoms with Gasteiger partial charge in [-0.25, -0.2) is 0 Å². The van der Waals surface area contributed by atoms with Gasteiger partial charge >= 0.3 is 0 Å². The fraction of sp³-hybridized carbons (Fsp3) is 0.310. The van der Waals surface area contributed by atoms with E-state index in [1.54, 1.807) is 16.7 Å². The van der Waals surface area contributed by atoms with E-state index in [-0.39, 0.29) is 28.1 Å². The molecule has 34 heavy (non-hydrogen) atoms. The largest absolute Gasteiger partial charge is 0.346 e. The molecule has 2 heterocycles. The molecule has 3 aromatic carbocycles. The minimum atomic E-state index is -0.418. The molecule has 2 aliphatic rings. The number of thioether (sulfide) groups is 1. The summed E-state index contributed by atoms with van der Waals surface area (Å²) in [6.07, 6.45) is 0. The molecule has 0 N–H and O–H groups in total. The van der Waals surface area contributed by atoms with Gasteiger partial charge in [-0.1, -0.05) is 72.8 Å². The third-order valence-corrected chi connectivity index (χ3v) is 8.66. The lowest BCUT2D eigenvalue weighted by molar-refractivity contribution is -0.145. The highest BCUT2D eigenvalue weighted by molar-refractivity contribution is 8.01. The van der Waals surface area contributed by atoms with Crippen LogP contribution in [0.3, 0.4) is 0 Å². The van der Waals surface area contributed by atoms with Crippen molar-refractivity contribution in [3.8, 4) is 6.07 Å². The monoisotopic (exact) mass is 467 g/mol. The molecule has 172 valence electrons. The molecule has 0 radical (unpaired) electrons. The minimum Gasteiger partial charge on any atom is -0.346 e. The molecule has 0 aromatic heterocycles. The quantitative estimate of drug-likeness (QED) is 0.441. The van der Waals surface area contributed by atoms with Gasteiger partial charge in [-0.15, -0.1) is 11.8 Å². The van der Waals surface area contributed by atoms with Gasteiger partial charge in [0.2, 0.25) is 5.91 Å². The number of anilines is 1. The minimum absolute atomic E-state index is 0.0346. The molecule has 0 aliphatic carbocycles. The Kier molecular flexibility index (Phi) is 5.65. The summed E-state index contributed by atoms with van der Waals surface area (Å²) in [5.74, 6) is 0.0346. The smallest absolute Gasteiger partial charge is 0.250 e. The molecule has 2 aliphatic heterocycles. The third-order valence-electron chi connectivity index (χ3n) is 7.11. The maximum absolute atomic E-state index is 13.8. The zero-order valence-corrected chi connectivity index (χ0v) is 20.8. The lowest BCUT2D eigenvalue weighted by atomic mass is 9.88. The molecular weight excluding hydrogens is 438 g/mol. The van der Waals surface area contributed by atoms with E-state index < -0.39 is 6.04 Å². The summed E-state index contributed by atoms with van der Waals surface area (Å²) in [6, 6.07) is 28.7. The number of aryl methyl sites for hydroxylation is 2. The topological polar surface area (TPSA) is 47.3 Å². The first-order valence-electron chi connectivity index (χ1n) is 11.7. The van der Waals surface area contributed by atoms with E-state index in [4.69, 9.17) is 0 Å². The number of hydrogen-bond donors (Lipinski definition) is 0. The number of para-hydroxylation sites is 1. The maximum Gasteiger partial charge on any atom is 0.250 e. The Morgan fingerprint density at radius 1 is 0.941 bits per heavy atom.